The normalized spacial score (nSPS) is 15.4. The molecule has 0 bridgehead atoms. The summed E-state index contributed by atoms with van der Waals surface area (Å²) in [5.41, 5.74) is 1.17. The number of hydrogen-bond acceptors (Lipinski definition) is 5. The second-order valence-corrected chi connectivity index (χ2v) is 8.04. The Morgan fingerprint density at radius 1 is 1.12 bits per heavy atom. The van der Waals surface area contributed by atoms with Crippen LogP contribution in [0.25, 0.3) is 0 Å². The van der Waals surface area contributed by atoms with Gasteiger partial charge in [0.2, 0.25) is 0 Å². The van der Waals surface area contributed by atoms with Crippen LogP contribution in [0, 0.1) is 5.82 Å². The molecule has 4 rings (SSSR count). The van der Waals surface area contributed by atoms with Gasteiger partial charge < -0.3 is 15.3 Å². The van der Waals surface area contributed by atoms with Crippen molar-refractivity contribution in [3.8, 4) is 0 Å². The van der Waals surface area contributed by atoms with Crippen molar-refractivity contribution in [2.24, 2.45) is 0 Å². The number of carbonyl (C=O) groups is 1. The summed E-state index contributed by atoms with van der Waals surface area (Å²) >= 11 is 0. The van der Waals surface area contributed by atoms with Crippen molar-refractivity contribution in [2.75, 3.05) is 11.4 Å². The van der Waals surface area contributed by atoms with Crippen molar-refractivity contribution in [1.82, 2.24) is 15.3 Å². The lowest BCUT2D eigenvalue weighted by molar-refractivity contribution is -0.137. The maximum absolute atomic E-state index is 13.1. The molecule has 0 aliphatic carbocycles. The summed E-state index contributed by atoms with van der Waals surface area (Å²) in [4.78, 5) is 22.6. The topological polar surface area (TPSA) is 78.4 Å². The standard InChI is InChI=1S/C24H22F4N4O2/c1-14(30-22(33)15-4-6-17(25)7-5-15)18-8-9-21-19(31-18)3-2-12-32(21)23(34)20-13-16(10-11-29-20)24(26,27)28/h4-11,13-14,23,34H,2-3,12H2,1H3,(H,30,33). The average Bonchev–Trinajstić information content (AvgIpc) is 2.82. The number of aliphatic hydroxyl groups excluding tert-OH is 1. The van der Waals surface area contributed by atoms with Crippen LogP contribution in [0.15, 0.2) is 54.7 Å². The highest BCUT2D eigenvalue weighted by atomic mass is 19.4. The first kappa shape index (κ1) is 23.6. The summed E-state index contributed by atoms with van der Waals surface area (Å²) in [5, 5.41) is 13.6. The largest absolute Gasteiger partial charge is 0.416 e. The van der Waals surface area contributed by atoms with E-state index in [2.05, 4.69) is 15.3 Å². The van der Waals surface area contributed by atoms with Gasteiger partial charge in [0, 0.05) is 18.3 Å². The maximum atomic E-state index is 13.1. The number of nitrogens with one attached hydrogen (secondary N) is 1. The molecule has 2 unspecified atom stereocenters. The van der Waals surface area contributed by atoms with Crippen LogP contribution in [-0.2, 0) is 12.6 Å². The second-order valence-electron chi connectivity index (χ2n) is 8.04. The Bertz CT molecular complexity index is 1180. The molecule has 0 fully saturated rings. The molecule has 0 saturated heterocycles. The molecule has 1 aliphatic heterocycles. The van der Waals surface area contributed by atoms with Gasteiger partial charge in [-0.05, 0) is 68.3 Å². The van der Waals surface area contributed by atoms with Crippen LogP contribution in [0.5, 0.6) is 0 Å². The first-order valence-corrected chi connectivity index (χ1v) is 10.7. The lowest BCUT2D eigenvalue weighted by atomic mass is 10.0. The Kier molecular flexibility index (Phi) is 6.52. The Morgan fingerprint density at radius 3 is 2.56 bits per heavy atom. The van der Waals surface area contributed by atoms with Gasteiger partial charge in [-0.2, -0.15) is 13.2 Å². The fraction of sp³-hybridized carbons (Fsp3) is 0.292. The molecule has 2 N–H and O–H groups in total. The molecule has 34 heavy (non-hydrogen) atoms. The van der Waals surface area contributed by atoms with Crippen molar-refractivity contribution in [3.05, 3.63) is 88.8 Å². The monoisotopic (exact) mass is 474 g/mol. The zero-order valence-electron chi connectivity index (χ0n) is 18.2. The number of alkyl halides is 3. The quantitative estimate of drug-likeness (QED) is 0.530. The molecule has 1 aliphatic rings. The molecule has 3 heterocycles. The Balaban J connectivity index is 1.53. The zero-order valence-corrected chi connectivity index (χ0v) is 18.2. The van der Waals surface area contributed by atoms with Crippen LogP contribution in [-0.4, -0.2) is 27.5 Å². The van der Waals surface area contributed by atoms with Gasteiger partial charge in [0.15, 0.2) is 6.23 Å². The molecular formula is C24H22F4N4O2. The van der Waals surface area contributed by atoms with Gasteiger partial charge >= 0.3 is 6.18 Å². The number of amides is 1. The summed E-state index contributed by atoms with van der Waals surface area (Å²) in [5.74, 6) is -0.812. The van der Waals surface area contributed by atoms with E-state index < -0.39 is 29.8 Å². The van der Waals surface area contributed by atoms with E-state index in [1.54, 1.807) is 24.0 Å². The predicted octanol–water partition coefficient (Wildman–Crippen LogP) is 4.57. The van der Waals surface area contributed by atoms with Crippen molar-refractivity contribution < 1.29 is 27.5 Å². The third kappa shape index (κ3) is 5.01. The third-order valence-electron chi connectivity index (χ3n) is 5.66. The van der Waals surface area contributed by atoms with Gasteiger partial charge in [-0.25, -0.2) is 4.39 Å². The van der Waals surface area contributed by atoms with Crippen LogP contribution in [0.2, 0.25) is 0 Å². The van der Waals surface area contributed by atoms with Crippen molar-refractivity contribution >= 4 is 11.6 Å². The summed E-state index contributed by atoms with van der Waals surface area (Å²) in [6.07, 6.45) is -3.64. The Hall–Kier alpha value is -3.53. The molecule has 1 aromatic carbocycles. The van der Waals surface area contributed by atoms with Crippen LogP contribution < -0.4 is 10.2 Å². The smallest absolute Gasteiger partial charge is 0.368 e. The molecule has 0 saturated carbocycles. The molecule has 6 nitrogen and oxygen atoms in total. The number of rotatable bonds is 5. The van der Waals surface area contributed by atoms with E-state index in [0.717, 1.165) is 18.3 Å². The molecule has 1 amide bonds. The number of fused-ring (bicyclic) bond motifs is 1. The predicted molar refractivity (Wildman–Crippen MR) is 116 cm³/mol. The first-order chi connectivity index (χ1) is 16.1. The van der Waals surface area contributed by atoms with Gasteiger partial charge in [-0.1, -0.05) is 0 Å². The van der Waals surface area contributed by atoms with E-state index in [1.165, 1.54) is 24.3 Å². The summed E-state index contributed by atoms with van der Waals surface area (Å²) in [7, 11) is 0. The minimum Gasteiger partial charge on any atom is -0.368 e. The Labute approximate surface area is 193 Å². The molecular weight excluding hydrogens is 452 g/mol. The SMILES string of the molecule is CC(NC(=O)c1ccc(F)cc1)c1ccc2c(n1)CCCN2C(O)c1cc(C(F)(F)F)ccn1. The van der Waals surface area contributed by atoms with Gasteiger partial charge in [0.1, 0.15) is 5.82 Å². The molecule has 2 atom stereocenters. The number of hydrogen-bond donors (Lipinski definition) is 2. The van der Waals surface area contributed by atoms with Gasteiger partial charge in [-0.3, -0.25) is 14.8 Å². The van der Waals surface area contributed by atoms with E-state index >= 15 is 0 Å². The van der Waals surface area contributed by atoms with Crippen molar-refractivity contribution in [2.45, 2.75) is 38.2 Å². The van der Waals surface area contributed by atoms with Crippen LogP contribution >= 0.6 is 0 Å². The average molecular weight is 474 g/mol. The minimum absolute atomic E-state index is 0.105. The van der Waals surface area contributed by atoms with E-state index in [1.807, 2.05) is 0 Å². The minimum atomic E-state index is -4.54. The molecule has 3 aromatic rings. The highest BCUT2D eigenvalue weighted by Gasteiger charge is 2.33. The van der Waals surface area contributed by atoms with Gasteiger partial charge in [0.25, 0.3) is 5.91 Å². The maximum Gasteiger partial charge on any atom is 0.416 e. The van der Waals surface area contributed by atoms with Crippen LogP contribution in [0.4, 0.5) is 23.2 Å². The Morgan fingerprint density at radius 2 is 1.85 bits per heavy atom. The molecule has 0 radical (unpaired) electrons. The lowest BCUT2D eigenvalue weighted by Crippen LogP contribution is -2.35. The number of aromatic nitrogens is 2. The number of halogens is 4. The molecule has 2 aromatic heterocycles. The highest BCUT2D eigenvalue weighted by Crippen LogP contribution is 2.35. The summed E-state index contributed by atoms with van der Waals surface area (Å²) in [6.45, 7) is 2.18. The number of aryl methyl sites for hydroxylation is 1. The number of aliphatic hydroxyl groups is 1. The number of benzene rings is 1. The number of carbonyl (C=O) groups excluding carboxylic acids is 1. The molecule has 10 heteroatoms. The van der Waals surface area contributed by atoms with Gasteiger partial charge in [-0.15, -0.1) is 0 Å². The highest BCUT2D eigenvalue weighted by molar-refractivity contribution is 5.94. The zero-order chi connectivity index (χ0) is 24.5. The van der Waals surface area contributed by atoms with Crippen LogP contribution in [0.3, 0.4) is 0 Å². The number of pyridine rings is 2. The molecule has 178 valence electrons. The van der Waals surface area contributed by atoms with Crippen LogP contribution in [0.1, 0.15) is 58.6 Å². The summed E-state index contributed by atoms with van der Waals surface area (Å²) in [6, 6.07) is 9.86. The fourth-order valence-electron chi connectivity index (χ4n) is 3.87. The first-order valence-electron chi connectivity index (χ1n) is 10.7. The van der Waals surface area contributed by atoms with E-state index in [-0.39, 0.29) is 11.6 Å². The van der Waals surface area contributed by atoms with Crippen molar-refractivity contribution in [3.63, 3.8) is 0 Å². The number of nitrogens with zero attached hydrogens (tertiary/aromatic N) is 3. The van der Waals surface area contributed by atoms with E-state index in [4.69, 9.17) is 0 Å². The van der Waals surface area contributed by atoms with Gasteiger partial charge in [0.05, 0.1) is 34.4 Å². The molecule has 0 spiro atoms. The third-order valence-corrected chi connectivity index (χ3v) is 5.66. The van der Waals surface area contributed by atoms with Crippen molar-refractivity contribution in [1.29, 1.82) is 0 Å². The second kappa shape index (κ2) is 9.38. The van der Waals surface area contributed by atoms with E-state index in [0.29, 0.717) is 42.0 Å². The lowest BCUT2D eigenvalue weighted by Gasteiger charge is -2.34. The fourth-order valence-corrected chi connectivity index (χ4v) is 3.87. The number of anilines is 1. The summed E-state index contributed by atoms with van der Waals surface area (Å²) < 4.78 is 52.3. The van der Waals surface area contributed by atoms with E-state index in [9.17, 15) is 27.5 Å².